The lowest BCUT2D eigenvalue weighted by molar-refractivity contribution is -0.0353. The molecule has 1 aliphatic carbocycles. The van der Waals surface area contributed by atoms with Gasteiger partial charge in [0.05, 0.1) is 13.2 Å². The van der Waals surface area contributed by atoms with E-state index in [1.54, 1.807) is 0 Å². The zero-order valence-corrected chi connectivity index (χ0v) is 20.4. The second kappa shape index (κ2) is 12.5. The zero-order valence-electron chi connectivity index (χ0n) is 18.0. The van der Waals surface area contributed by atoms with Crippen molar-refractivity contribution in [1.29, 1.82) is 0 Å². The molecule has 28 heavy (non-hydrogen) atoms. The molecule has 0 aromatic rings. The highest BCUT2D eigenvalue weighted by atomic mass is 127. The third-order valence-corrected chi connectivity index (χ3v) is 6.74. The Kier molecular flexibility index (Phi) is 10.8. The van der Waals surface area contributed by atoms with E-state index in [1.807, 2.05) is 7.05 Å². The fraction of sp³-hybridized carbons (Fsp3) is 0.952. The minimum Gasteiger partial charge on any atom is -0.379 e. The summed E-state index contributed by atoms with van der Waals surface area (Å²) in [5.41, 5.74) is 0.282. The first-order chi connectivity index (χ1) is 13.3. The van der Waals surface area contributed by atoms with Crippen LogP contribution >= 0.6 is 24.0 Å². The Bertz CT molecular complexity index is 456. The number of nitrogens with zero attached hydrogens (tertiary/aromatic N) is 3. The predicted octanol–water partition coefficient (Wildman–Crippen LogP) is 2.68. The van der Waals surface area contributed by atoms with E-state index in [1.165, 1.54) is 71.0 Å². The first-order valence-electron chi connectivity index (χ1n) is 11.3. The van der Waals surface area contributed by atoms with Crippen molar-refractivity contribution in [1.82, 2.24) is 20.4 Å². The molecule has 3 rings (SSSR count). The molecule has 6 nitrogen and oxygen atoms in total. The lowest BCUT2D eigenvalue weighted by Gasteiger charge is -2.48. The van der Waals surface area contributed by atoms with E-state index >= 15 is 0 Å². The Morgan fingerprint density at radius 1 is 1.07 bits per heavy atom. The monoisotopic (exact) mass is 507 g/mol. The summed E-state index contributed by atoms with van der Waals surface area (Å²) in [7, 11) is 1.91. The number of ether oxygens (including phenoxy) is 1. The maximum Gasteiger partial charge on any atom is 0.191 e. The van der Waals surface area contributed by atoms with E-state index in [0.717, 1.165) is 38.8 Å². The number of halogens is 1. The molecule has 0 bridgehead atoms. The Balaban J connectivity index is 0.00000280. The number of hydrogen-bond acceptors (Lipinski definition) is 4. The summed E-state index contributed by atoms with van der Waals surface area (Å²) in [6, 6.07) is 0.551. The van der Waals surface area contributed by atoms with Crippen LogP contribution in [0.1, 0.15) is 58.3 Å². The van der Waals surface area contributed by atoms with E-state index in [0.29, 0.717) is 6.04 Å². The molecule has 0 unspecified atom stereocenters. The zero-order chi connectivity index (χ0) is 19.0. The maximum absolute atomic E-state index is 5.61. The van der Waals surface area contributed by atoms with Gasteiger partial charge < -0.3 is 20.3 Å². The molecule has 0 radical (unpaired) electrons. The third-order valence-electron chi connectivity index (χ3n) is 6.74. The summed E-state index contributed by atoms with van der Waals surface area (Å²) in [5.74, 6) is 0.988. The molecular weight excluding hydrogens is 465 g/mol. The van der Waals surface area contributed by atoms with Crippen molar-refractivity contribution in [3.63, 3.8) is 0 Å². The van der Waals surface area contributed by atoms with Crippen molar-refractivity contribution < 1.29 is 4.74 Å². The molecule has 1 saturated carbocycles. The third kappa shape index (κ3) is 6.71. The number of morpholine rings is 1. The molecule has 2 aliphatic heterocycles. The molecule has 164 valence electrons. The molecule has 0 atom stereocenters. The summed E-state index contributed by atoms with van der Waals surface area (Å²) >= 11 is 0. The van der Waals surface area contributed by atoms with Gasteiger partial charge in [-0.3, -0.25) is 9.89 Å². The second-order valence-electron chi connectivity index (χ2n) is 8.57. The summed E-state index contributed by atoms with van der Waals surface area (Å²) in [5, 5.41) is 7.40. The standard InChI is InChI=1S/C21H41N5O.HI/c1-3-11-25-12-7-19(8-13-25)24-20(22-2)23-18-21(9-5-4-6-10-21)26-14-16-27-17-15-26;/h19H,3-18H2,1-2H3,(H2,22,23,24);1H. The van der Waals surface area contributed by atoms with E-state index < -0.39 is 0 Å². The normalized spacial score (nSPS) is 25.1. The Hall–Kier alpha value is -0.120. The second-order valence-corrected chi connectivity index (χ2v) is 8.57. The van der Waals surface area contributed by atoms with Gasteiger partial charge in [0, 0.05) is 51.4 Å². The van der Waals surface area contributed by atoms with E-state index in [-0.39, 0.29) is 29.5 Å². The molecule has 2 saturated heterocycles. The van der Waals surface area contributed by atoms with Gasteiger partial charge in [0.1, 0.15) is 0 Å². The van der Waals surface area contributed by atoms with Crippen LogP contribution in [0.5, 0.6) is 0 Å². The summed E-state index contributed by atoms with van der Waals surface area (Å²) in [6.45, 7) is 10.8. The van der Waals surface area contributed by atoms with Crippen LogP contribution in [-0.4, -0.2) is 86.9 Å². The highest BCUT2D eigenvalue weighted by Gasteiger charge is 2.38. The first kappa shape index (κ1) is 24.2. The van der Waals surface area contributed by atoms with Gasteiger partial charge >= 0.3 is 0 Å². The van der Waals surface area contributed by atoms with Crippen molar-refractivity contribution in [2.45, 2.75) is 69.9 Å². The Morgan fingerprint density at radius 3 is 2.36 bits per heavy atom. The molecule has 0 aromatic carbocycles. The van der Waals surface area contributed by atoms with Crippen LogP contribution in [0.15, 0.2) is 4.99 Å². The van der Waals surface area contributed by atoms with Crippen molar-refractivity contribution in [3.05, 3.63) is 0 Å². The molecule has 0 amide bonds. The highest BCUT2D eigenvalue weighted by Crippen LogP contribution is 2.33. The lowest BCUT2D eigenvalue weighted by Crippen LogP contribution is -2.61. The van der Waals surface area contributed by atoms with Crippen molar-refractivity contribution in [3.8, 4) is 0 Å². The van der Waals surface area contributed by atoms with Gasteiger partial charge in [-0.2, -0.15) is 0 Å². The fourth-order valence-corrected chi connectivity index (χ4v) is 5.11. The van der Waals surface area contributed by atoms with Gasteiger partial charge in [0.2, 0.25) is 0 Å². The van der Waals surface area contributed by atoms with Crippen LogP contribution in [0.25, 0.3) is 0 Å². The van der Waals surface area contributed by atoms with E-state index in [4.69, 9.17) is 4.74 Å². The van der Waals surface area contributed by atoms with E-state index in [9.17, 15) is 0 Å². The quantitative estimate of drug-likeness (QED) is 0.329. The number of rotatable bonds is 6. The van der Waals surface area contributed by atoms with Gasteiger partial charge in [-0.25, -0.2) is 0 Å². The topological polar surface area (TPSA) is 52.1 Å². The molecule has 0 aromatic heterocycles. The van der Waals surface area contributed by atoms with E-state index in [2.05, 4.69) is 32.3 Å². The Morgan fingerprint density at radius 2 is 1.75 bits per heavy atom. The molecule has 2 N–H and O–H groups in total. The molecule has 7 heteroatoms. The fourth-order valence-electron chi connectivity index (χ4n) is 5.11. The SMILES string of the molecule is CCCN1CCC(NC(=NC)NCC2(N3CCOCC3)CCCCC2)CC1.I. The summed E-state index contributed by atoms with van der Waals surface area (Å²) in [4.78, 5) is 9.82. The largest absolute Gasteiger partial charge is 0.379 e. The van der Waals surface area contributed by atoms with Crippen LogP contribution < -0.4 is 10.6 Å². The average molecular weight is 508 g/mol. The molecule has 3 fully saturated rings. The van der Waals surface area contributed by atoms with Gasteiger partial charge in [-0.1, -0.05) is 26.2 Å². The minimum atomic E-state index is 0. The first-order valence-corrected chi connectivity index (χ1v) is 11.3. The molecular formula is C21H42IN5O. The molecule has 3 aliphatic rings. The summed E-state index contributed by atoms with van der Waals surface area (Å²) < 4.78 is 5.61. The number of aliphatic imine (C=N–C) groups is 1. The van der Waals surface area contributed by atoms with Crippen LogP contribution in [0, 0.1) is 0 Å². The highest BCUT2D eigenvalue weighted by molar-refractivity contribution is 14.0. The van der Waals surface area contributed by atoms with Gasteiger partial charge in [0.15, 0.2) is 5.96 Å². The summed E-state index contributed by atoms with van der Waals surface area (Å²) in [6.07, 6.45) is 10.4. The van der Waals surface area contributed by atoms with Crippen LogP contribution in [-0.2, 0) is 4.74 Å². The van der Waals surface area contributed by atoms with Crippen LogP contribution in [0.3, 0.4) is 0 Å². The maximum atomic E-state index is 5.61. The molecule has 0 spiro atoms. The van der Waals surface area contributed by atoms with Crippen molar-refractivity contribution in [2.75, 3.05) is 59.5 Å². The van der Waals surface area contributed by atoms with Gasteiger partial charge in [-0.05, 0) is 38.6 Å². The van der Waals surface area contributed by atoms with Crippen LogP contribution in [0.2, 0.25) is 0 Å². The number of likely N-dealkylation sites (tertiary alicyclic amines) is 1. The molecule has 2 heterocycles. The number of hydrogen-bond donors (Lipinski definition) is 2. The average Bonchev–Trinajstić information content (AvgIpc) is 2.74. The number of piperidine rings is 1. The smallest absolute Gasteiger partial charge is 0.191 e. The van der Waals surface area contributed by atoms with Crippen molar-refractivity contribution >= 4 is 29.9 Å². The van der Waals surface area contributed by atoms with Gasteiger partial charge in [0.25, 0.3) is 0 Å². The lowest BCUT2D eigenvalue weighted by atomic mass is 9.80. The van der Waals surface area contributed by atoms with Gasteiger partial charge in [-0.15, -0.1) is 24.0 Å². The predicted molar refractivity (Wildman–Crippen MR) is 128 cm³/mol. The number of nitrogens with one attached hydrogen (secondary N) is 2. The number of guanidine groups is 1. The van der Waals surface area contributed by atoms with Crippen molar-refractivity contribution in [2.24, 2.45) is 4.99 Å². The minimum absolute atomic E-state index is 0. The van der Waals surface area contributed by atoms with Crippen LogP contribution in [0.4, 0.5) is 0 Å². The Labute approximate surface area is 189 Å².